The van der Waals surface area contributed by atoms with E-state index in [0.29, 0.717) is 29.6 Å². The zero-order chi connectivity index (χ0) is 43.1. The van der Waals surface area contributed by atoms with Gasteiger partial charge in [-0.15, -0.1) is 34.9 Å². The van der Waals surface area contributed by atoms with Crippen LogP contribution in [0, 0.1) is 30.7 Å². The normalized spacial score (nSPS) is 13.4. The third-order valence-electron chi connectivity index (χ3n) is 11.2. The number of aromatic nitrogens is 2. The fourth-order valence-electron chi connectivity index (χ4n) is 6.63. The number of rotatable bonds is 9. The third kappa shape index (κ3) is 9.05. The van der Waals surface area contributed by atoms with Crippen LogP contribution in [0.1, 0.15) is 89.5 Å². The van der Waals surface area contributed by atoms with E-state index in [2.05, 4.69) is 16.0 Å². The van der Waals surface area contributed by atoms with Gasteiger partial charge in [-0.1, -0.05) is 79.7 Å². The molecule has 58 heavy (non-hydrogen) atoms. The molecule has 15 heteroatoms. The Hall–Kier alpha value is -4.10. The van der Waals surface area contributed by atoms with Crippen LogP contribution in [0.2, 0.25) is 0 Å². The van der Waals surface area contributed by atoms with E-state index >= 15 is 4.39 Å². The SMILES string of the molecule is CCC(C)(CC)C(=O)/C=C(\O)C(C)(CC)CC.Cc1[c-]c(-c2ncnc3c(C(F)(C(F)(F)F)C(F)(F)F)c4c(ccc5cc(C(F)(F)F)ccc54)cc23)cc(C)c1.[Ir]. The largest absolute Gasteiger partial charge is 0.512 e. The number of nitrogens with zero attached hydrogens (tertiary/aromatic N) is 2. The first-order chi connectivity index (χ1) is 26.2. The molecule has 5 rings (SSSR count). The molecule has 1 aromatic heterocycles. The summed E-state index contributed by atoms with van der Waals surface area (Å²) in [5, 5.41) is 7.86. The maximum absolute atomic E-state index is 16.0. The monoisotopic (exact) mass is 1000 g/mol. The van der Waals surface area contributed by atoms with Crippen LogP contribution in [-0.4, -0.2) is 33.2 Å². The second-order valence-corrected chi connectivity index (χ2v) is 14.8. The van der Waals surface area contributed by atoms with Crippen LogP contribution in [-0.2, 0) is 36.7 Å². The molecule has 1 radical (unpaired) electrons. The molecule has 1 heterocycles. The summed E-state index contributed by atoms with van der Waals surface area (Å²) in [6.07, 6.45) is -12.4. The van der Waals surface area contributed by atoms with Crippen LogP contribution >= 0.6 is 0 Å². The first-order valence-corrected chi connectivity index (χ1v) is 18.2. The predicted molar refractivity (Wildman–Crippen MR) is 201 cm³/mol. The molecule has 0 bridgehead atoms. The summed E-state index contributed by atoms with van der Waals surface area (Å²) in [5.74, 6) is 0.286. The summed E-state index contributed by atoms with van der Waals surface area (Å²) >= 11 is 0. The van der Waals surface area contributed by atoms with E-state index in [0.717, 1.165) is 43.9 Å². The van der Waals surface area contributed by atoms with E-state index in [1.54, 1.807) is 26.0 Å². The van der Waals surface area contributed by atoms with Gasteiger partial charge in [-0.3, -0.25) is 9.78 Å². The zero-order valence-electron chi connectivity index (χ0n) is 33.0. The van der Waals surface area contributed by atoms with E-state index in [1.807, 2.05) is 41.5 Å². The van der Waals surface area contributed by atoms with Gasteiger partial charge in [-0.2, -0.15) is 39.5 Å². The van der Waals surface area contributed by atoms with E-state index in [1.165, 1.54) is 12.1 Å². The number of benzene rings is 4. The molecule has 0 unspecified atom stereocenters. The van der Waals surface area contributed by atoms with Gasteiger partial charge in [-0.05, 0) is 70.4 Å². The van der Waals surface area contributed by atoms with Crippen LogP contribution in [0.4, 0.5) is 43.9 Å². The maximum atomic E-state index is 16.0. The summed E-state index contributed by atoms with van der Waals surface area (Å²) in [6.45, 7) is 15.5. The van der Waals surface area contributed by atoms with Gasteiger partial charge < -0.3 is 5.11 Å². The summed E-state index contributed by atoms with van der Waals surface area (Å²) in [5.41, 5.74) is -9.19. The molecule has 1 N–H and O–H groups in total. The first kappa shape index (κ1) is 48.3. The minimum atomic E-state index is -6.52. The van der Waals surface area contributed by atoms with E-state index in [-0.39, 0.29) is 69.9 Å². The molecule has 0 aliphatic heterocycles. The topological polar surface area (TPSA) is 63.1 Å². The van der Waals surface area contributed by atoms with Crippen molar-refractivity contribution in [2.24, 2.45) is 10.8 Å². The second-order valence-electron chi connectivity index (χ2n) is 14.8. The number of carbonyl (C=O) groups is 1. The quantitative estimate of drug-likeness (QED) is 0.0399. The van der Waals surface area contributed by atoms with Crippen molar-refractivity contribution >= 4 is 38.2 Å². The number of aliphatic hydroxyl groups is 1. The van der Waals surface area contributed by atoms with Crippen molar-refractivity contribution < 1.29 is 73.9 Å². The number of alkyl halides is 10. The summed E-state index contributed by atoms with van der Waals surface area (Å²) in [4.78, 5) is 19.9. The minimum Gasteiger partial charge on any atom is -0.512 e. The van der Waals surface area contributed by atoms with Gasteiger partial charge in [0, 0.05) is 42.6 Å². The zero-order valence-corrected chi connectivity index (χ0v) is 35.4. The number of fused-ring (bicyclic) bond motifs is 4. The molecule has 0 aliphatic carbocycles. The average molecular weight is 1000 g/mol. The van der Waals surface area contributed by atoms with Crippen molar-refractivity contribution in [3.05, 3.63) is 95.0 Å². The number of hydrogen-bond donors (Lipinski definition) is 1. The van der Waals surface area contributed by atoms with Crippen molar-refractivity contribution in [3.8, 4) is 11.3 Å². The number of aryl methyl sites for hydroxylation is 2. The number of carbonyl (C=O) groups excluding carboxylic acids is 1. The molecule has 0 spiro atoms. The molecular formula is C43H43F10IrN2O2-. The van der Waals surface area contributed by atoms with Crippen molar-refractivity contribution in [2.75, 3.05) is 0 Å². The van der Waals surface area contributed by atoms with Crippen molar-refractivity contribution in [1.82, 2.24) is 9.97 Å². The van der Waals surface area contributed by atoms with E-state index in [4.69, 9.17) is 0 Å². The van der Waals surface area contributed by atoms with Gasteiger partial charge >= 0.3 is 24.2 Å². The third-order valence-corrected chi connectivity index (χ3v) is 11.2. The number of halogens is 10. The van der Waals surface area contributed by atoms with Gasteiger partial charge in [0.05, 0.1) is 11.1 Å². The van der Waals surface area contributed by atoms with Crippen LogP contribution in [0.25, 0.3) is 43.7 Å². The Balaban J connectivity index is 0.000000425. The Morgan fingerprint density at radius 2 is 1.28 bits per heavy atom. The van der Waals surface area contributed by atoms with Crippen LogP contribution in [0.15, 0.2) is 66.7 Å². The standard InChI is InChI=1S/C28H15F10N2.C15H28O2.Ir/c1-13-7-14(2)9-17(8-13)23-20-11-16-4-3-15-10-18(26(30,31)32)5-6-19(15)21(16)22(24(20)40-12-39-23)25(29,27(33,34)35)28(36,37)38;1-7-14(5,8-2)12(16)11-13(17)15(6,9-3)10-4;/h3-8,10-12H,1-2H3;11,16H,7-10H2,1-6H3;/q-1;;/b;12-11-;. The fraction of sp³-hybridized carbons (Fsp3) is 0.419. The number of hydrogen-bond acceptors (Lipinski definition) is 4. The Morgan fingerprint density at radius 3 is 1.78 bits per heavy atom. The Kier molecular flexibility index (Phi) is 14.4. The second kappa shape index (κ2) is 17.2. The Bertz CT molecular complexity index is 2290. The Labute approximate surface area is 343 Å². The van der Waals surface area contributed by atoms with Crippen molar-refractivity contribution in [3.63, 3.8) is 0 Å². The van der Waals surface area contributed by atoms with Gasteiger partial charge in [0.15, 0.2) is 5.78 Å². The smallest absolute Gasteiger partial charge is 0.436 e. The van der Waals surface area contributed by atoms with Gasteiger partial charge in [-0.25, -0.2) is 9.37 Å². The number of allylic oxidation sites excluding steroid dienone is 2. The van der Waals surface area contributed by atoms with Crippen molar-refractivity contribution in [1.29, 1.82) is 0 Å². The molecule has 0 atom stereocenters. The number of aliphatic hydroxyl groups excluding tert-OH is 1. The number of ketones is 1. The molecule has 0 saturated heterocycles. The Morgan fingerprint density at radius 1 is 0.724 bits per heavy atom. The summed E-state index contributed by atoms with van der Waals surface area (Å²) < 4.78 is 141. The van der Waals surface area contributed by atoms with Gasteiger partial charge in [0.1, 0.15) is 12.1 Å². The van der Waals surface area contributed by atoms with E-state index in [9.17, 15) is 49.4 Å². The molecule has 0 aliphatic rings. The molecule has 0 saturated carbocycles. The molecule has 0 amide bonds. The van der Waals surface area contributed by atoms with Crippen LogP contribution in [0.3, 0.4) is 0 Å². The van der Waals surface area contributed by atoms with Crippen molar-refractivity contribution in [2.45, 2.75) is 105 Å². The predicted octanol–water partition coefficient (Wildman–Crippen LogP) is 14.0. The average Bonchev–Trinajstić information content (AvgIpc) is 3.13. The van der Waals surface area contributed by atoms with E-state index < -0.39 is 51.6 Å². The summed E-state index contributed by atoms with van der Waals surface area (Å²) in [7, 11) is 0. The molecule has 4 aromatic carbocycles. The van der Waals surface area contributed by atoms with Crippen LogP contribution in [0.5, 0.6) is 0 Å². The molecule has 317 valence electrons. The van der Waals surface area contributed by atoms with Gasteiger partial charge in [0.25, 0.3) is 0 Å². The maximum Gasteiger partial charge on any atom is 0.436 e. The molecular weight excluding hydrogens is 959 g/mol. The van der Waals surface area contributed by atoms with Crippen LogP contribution < -0.4 is 0 Å². The summed E-state index contributed by atoms with van der Waals surface area (Å²) in [6, 6.07) is 11.4. The van der Waals surface area contributed by atoms with Gasteiger partial charge in [0.2, 0.25) is 0 Å². The molecule has 0 fully saturated rings. The molecule has 4 nitrogen and oxygen atoms in total. The first-order valence-electron chi connectivity index (χ1n) is 18.2. The minimum absolute atomic E-state index is 0. The molecule has 5 aromatic rings. The fourth-order valence-corrected chi connectivity index (χ4v) is 6.63.